The topological polar surface area (TPSA) is 32.3 Å². The lowest BCUT2D eigenvalue weighted by atomic mass is 9.49. The quantitative estimate of drug-likeness (QED) is 0.850. The fourth-order valence-electron chi connectivity index (χ4n) is 7.11. The number of likely N-dealkylation sites (tertiary alicyclic amines) is 1. The maximum absolute atomic E-state index is 13.0. The molecule has 122 valence electrons. The highest BCUT2D eigenvalue weighted by molar-refractivity contribution is 5.77. The van der Waals surface area contributed by atoms with Gasteiger partial charge in [0.2, 0.25) is 5.91 Å². The van der Waals surface area contributed by atoms with Gasteiger partial charge in [0.15, 0.2) is 0 Å². The van der Waals surface area contributed by atoms with E-state index in [1.54, 1.807) is 0 Å². The van der Waals surface area contributed by atoms with Crippen molar-refractivity contribution in [3.05, 3.63) is 0 Å². The second-order valence-electron chi connectivity index (χ2n) is 9.36. The van der Waals surface area contributed by atoms with Gasteiger partial charge >= 0.3 is 0 Å². The van der Waals surface area contributed by atoms with Crippen LogP contribution in [0.25, 0.3) is 0 Å². The molecular weight excluding hydrogens is 272 g/mol. The third-order valence-corrected chi connectivity index (χ3v) is 7.57. The summed E-state index contributed by atoms with van der Waals surface area (Å²) >= 11 is 0. The van der Waals surface area contributed by atoms with Crippen LogP contribution < -0.4 is 5.32 Å². The molecule has 0 aromatic heterocycles. The van der Waals surface area contributed by atoms with Gasteiger partial charge in [0, 0.05) is 31.6 Å². The van der Waals surface area contributed by atoms with Gasteiger partial charge in [0.05, 0.1) is 0 Å². The molecule has 2 unspecified atom stereocenters. The molecule has 6 aliphatic rings. The highest BCUT2D eigenvalue weighted by atomic mass is 16.2. The van der Waals surface area contributed by atoms with Crippen LogP contribution in [0.1, 0.15) is 64.2 Å². The van der Waals surface area contributed by atoms with Crippen molar-refractivity contribution in [2.75, 3.05) is 13.1 Å². The highest BCUT2D eigenvalue weighted by Gasteiger charge is 2.51. The van der Waals surface area contributed by atoms with Crippen LogP contribution in [0.4, 0.5) is 0 Å². The van der Waals surface area contributed by atoms with Crippen molar-refractivity contribution in [1.82, 2.24) is 10.2 Å². The number of hydrogen-bond acceptors (Lipinski definition) is 2. The molecule has 0 aromatic rings. The number of nitrogens with zero attached hydrogens (tertiary/aromatic N) is 1. The summed E-state index contributed by atoms with van der Waals surface area (Å²) in [6.45, 7) is 1.97. The number of nitrogens with one attached hydrogen (secondary N) is 1. The second-order valence-corrected chi connectivity index (χ2v) is 9.36. The van der Waals surface area contributed by atoms with Crippen LogP contribution in [0.2, 0.25) is 0 Å². The van der Waals surface area contributed by atoms with Crippen LogP contribution in [-0.4, -0.2) is 36.0 Å². The lowest BCUT2D eigenvalue weighted by molar-refractivity contribution is -0.139. The van der Waals surface area contributed by atoms with Crippen molar-refractivity contribution in [3.8, 4) is 0 Å². The summed E-state index contributed by atoms with van der Waals surface area (Å²) in [5, 5.41) is 3.70. The molecule has 0 spiro atoms. The van der Waals surface area contributed by atoms with Gasteiger partial charge in [-0.15, -0.1) is 0 Å². The molecule has 22 heavy (non-hydrogen) atoms. The summed E-state index contributed by atoms with van der Waals surface area (Å²) in [7, 11) is 0. The first-order valence-corrected chi connectivity index (χ1v) is 9.71. The SMILES string of the molecule is O=C(CC12CC3CC(CC(C3)C1)C2)N1CCC2CCC(C1)N2. The number of carbonyl (C=O) groups excluding carboxylic acids is 1. The molecule has 2 saturated heterocycles. The van der Waals surface area contributed by atoms with Gasteiger partial charge in [-0.25, -0.2) is 0 Å². The zero-order chi connectivity index (χ0) is 14.7. The molecule has 2 aliphatic heterocycles. The van der Waals surface area contributed by atoms with Gasteiger partial charge in [-0.3, -0.25) is 4.79 Å². The minimum Gasteiger partial charge on any atom is -0.341 e. The van der Waals surface area contributed by atoms with Crippen LogP contribution in [0.3, 0.4) is 0 Å². The van der Waals surface area contributed by atoms with Crippen LogP contribution in [-0.2, 0) is 4.79 Å². The standard InChI is InChI=1S/C19H30N2O/c22-18(21-4-3-16-1-2-17(12-21)20-16)11-19-8-13-5-14(9-19)7-15(6-13)10-19/h13-17,20H,1-12H2. The first-order valence-electron chi connectivity index (χ1n) is 9.71. The van der Waals surface area contributed by atoms with E-state index in [1.807, 2.05) is 0 Å². The van der Waals surface area contributed by atoms with Crippen molar-refractivity contribution >= 4 is 5.91 Å². The Morgan fingerprint density at radius 3 is 2.27 bits per heavy atom. The van der Waals surface area contributed by atoms with E-state index in [1.165, 1.54) is 57.8 Å². The molecule has 6 rings (SSSR count). The normalized spacial score (nSPS) is 49.5. The van der Waals surface area contributed by atoms with E-state index < -0.39 is 0 Å². The molecule has 2 atom stereocenters. The predicted molar refractivity (Wildman–Crippen MR) is 86.4 cm³/mol. The largest absolute Gasteiger partial charge is 0.341 e. The van der Waals surface area contributed by atoms with E-state index in [2.05, 4.69) is 10.2 Å². The summed E-state index contributed by atoms with van der Waals surface area (Å²) in [5.41, 5.74) is 0.407. The van der Waals surface area contributed by atoms with Crippen molar-refractivity contribution < 1.29 is 4.79 Å². The van der Waals surface area contributed by atoms with E-state index in [4.69, 9.17) is 0 Å². The molecule has 6 fully saturated rings. The van der Waals surface area contributed by atoms with E-state index in [0.29, 0.717) is 23.4 Å². The molecule has 4 aliphatic carbocycles. The monoisotopic (exact) mass is 302 g/mol. The number of amides is 1. The lowest BCUT2D eigenvalue weighted by Crippen LogP contribution is -2.49. The molecule has 1 amide bonds. The van der Waals surface area contributed by atoms with E-state index in [-0.39, 0.29) is 0 Å². The average Bonchev–Trinajstić information content (AvgIpc) is 2.75. The summed E-state index contributed by atoms with van der Waals surface area (Å²) in [6.07, 6.45) is 13.2. The Balaban J connectivity index is 1.28. The predicted octanol–water partition coefficient (Wildman–Crippen LogP) is 2.95. The van der Waals surface area contributed by atoms with Gasteiger partial charge < -0.3 is 10.2 Å². The number of fused-ring (bicyclic) bond motifs is 2. The van der Waals surface area contributed by atoms with Crippen molar-refractivity contribution in [2.24, 2.45) is 23.2 Å². The van der Waals surface area contributed by atoms with Crippen LogP contribution in [0.5, 0.6) is 0 Å². The Morgan fingerprint density at radius 1 is 0.955 bits per heavy atom. The smallest absolute Gasteiger partial charge is 0.223 e. The maximum atomic E-state index is 13.0. The van der Waals surface area contributed by atoms with Crippen LogP contribution in [0, 0.1) is 23.2 Å². The number of carbonyl (C=O) groups is 1. The van der Waals surface area contributed by atoms with E-state index >= 15 is 0 Å². The first kappa shape index (κ1) is 13.8. The highest BCUT2D eigenvalue weighted by Crippen LogP contribution is 2.61. The van der Waals surface area contributed by atoms with Crippen molar-refractivity contribution in [1.29, 1.82) is 0 Å². The minimum absolute atomic E-state index is 0.407. The molecule has 2 heterocycles. The van der Waals surface area contributed by atoms with Gasteiger partial charge in [-0.2, -0.15) is 0 Å². The Bertz CT molecular complexity index is 439. The molecule has 3 nitrogen and oxygen atoms in total. The molecular formula is C19H30N2O. The number of rotatable bonds is 2. The zero-order valence-electron chi connectivity index (χ0n) is 13.7. The molecule has 0 radical (unpaired) electrons. The Hall–Kier alpha value is -0.570. The Labute approximate surface area is 134 Å². The van der Waals surface area contributed by atoms with E-state index in [9.17, 15) is 4.79 Å². The van der Waals surface area contributed by atoms with Crippen molar-refractivity contribution in [3.63, 3.8) is 0 Å². The van der Waals surface area contributed by atoms with Crippen molar-refractivity contribution in [2.45, 2.75) is 76.3 Å². The second kappa shape index (κ2) is 4.96. The van der Waals surface area contributed by atoms with Gasteiger partial charge in [-0.05, 0) is 81.0 Å². The molecule has 4 saturated carbocycles. The Kier molecular flexibility index (Phi) is 3.12. The third kappa shape index (κ3) is 2.31. The van der Waals surface area contributed by atoms with Crippen LogP contribution in [0.15, 0.2) is 0 Å². The summed E-state index contributed by atoms with van der Waals surface area (Å²) in [5.74, 6) is 3.36. The van der Waals surface area contributed by atoms with Gasteiger partial charge in [-0.1, -0.05) is 0 Å². The molecule has 1 N–H and O–H groups in total. The third-order valence-electron chi connectivity index (χ3n) is 7.57. The zero-order valence-corrected chi connectivity index (χ0v) is 13.7. The summed E-state index contributed by atoms with van der Waals surface area (Å²) in [6, 6.07) is 1.26. The minimum atomic E-state index is 0.407. The van der Waals surface area contributed by atoms with Gasteiger partial charge in [0.25, 0.3) is 0 Å². The van der Waals surface area contributed by atoms with E-state index in [0.717, 1.165) is 37.3 Å². The van der Waals surface area contributed by atoms with Crippen LogP contribution >= 0.6 is 0 Å². The fourth-order valence-corrected chi connectivity index (χ4v) is 7.11. The Morgan fingerprint density at radius 2 is 1.59 bits per heavy atom. The first-order chi connectivity index (χ1) is 10.7. The lowest BCUT2D eigenvalue weighted by Gasteiger charge is -2.57. The summed E-state index contributed by atoms with van der Waals surface area (Å²) in [4.78, 5) is 15.2. The molecule has 0 aromatic carbocycles. The van der Waals surface area contributed by atoms with Gasteiger partial charge in [0.1, 0.15) is 0 Å². The summed E-state index contributed by atoms with van der Waals surface area (Å²) < 4.78 is 0. The maximum Gasteiger partial charge on any atom is 0.223 e. The molecule has 6 bridgehead atoms. The number of hydrogen-bond donors (Lipinski definition) is 1. The average molecular weight is 302 g/mol. The fraction of sp³-hybridized carbons (Fsp3) is 0.947. The molecule has 3 heteroatoms.